The van der Waals surface area contributed by atoms with E-state index in [-0.39, 0.29) is 12.5 Å². The molecule has 0 radical (unpaired) electrons. The Balaban J connectivity index is 1.86. The molecule has 0 bridgehead atoms. The molecule has 1 aromatic heterocycles. The summed E-state index contributed by atoms with van der Waals surface area (Å²) in [6.45, 7) is 4.28. The van der Waals surface area contributed by atoms with Crippen molar-refractivity contribution in [1.29, 1.82) is 0 Å². The Kier molecular flexibility index (Phi) is 5.24. The Bertz CT molecular complexity index is 607. The van der Waals surface area contributed by atoms with Crippen molar-refractivity contribution in [2.24, 2.45) is 0 Å². The van der Waals surface area contributed by atoms with Gasteiger partial charge in [-0.2, -0.15) is 0 Å². The number of carbonyl (C=O) groups is 1. The molecule has 0 saturated heterocycles. The third-order valence-electron chi connectivity index (χ3n) is 2.55. The van der Waals surface area contributed by atoms with Gasteiger partial charge in [0, 0.05) is 7.11 Å². The molecule has 0 unspecified atom stereocenters. The molecular weight excluding hydrogens is 290 g/mol. The average molecular weight is 307 g/mol. The van der Waals surface area contributed by atoms with Gasteiger partial charge in [-0.25, -0.2) is 0 Å². The summed E-state index contributed by atoms with van der Waals surface area (Å²) in [5, 5.41) is 11.5. The maximum absolute atomic E-state index is 11.8. The lowest BCUT2D eigenvalue weighted by Crippen LogP contribution is -2.20. The fourth-order valence-electron chi connectivity index (χ4n) is 1.81. The largest absolute Gasteiger partial charge is 0.484 e. The van der Waals surface area contributed by atoms with E-state index in [4.69, 9.17) is 9.47 Å². The second-order valence-corrected chi connectivity index (χ2v) is 5.66. The Hall–Kier alpha value is -1.99. The molecule has 0 aliphatic heterocycles. The van der Waals surface area contributed by atoms with Gasteiger partial charge in [0.1, 0.15) is 17.4 Å². The molecule has 1 N–H and O–H groups in total. The SMILES string of the molecule is COCc1nnc(NC(=O)COc2cc(C)cc(C)c2)s1. The van der Waals surface area contributed by atoms with Gasteiger partial charge in [0.25, 0.3) is 5.91 Å². The van der Waals surface area contributed by atoms with Crippen molar-refractivity contribution in [2.75, 3.05) is 19.0 Å². The molecule has 1 aromatic carbocycles. The zero-order valence-electron chi connectivity index (χ0n) is 12.2. The molecule has 2 aromatic rings. The molecule has 0 atom stereocenters. The molecule has 0 spiro atoms. The monoisotopic (exact) mass is 307 g/mol. The zero-order chi connectivity index (χ0) is 15.2. The zero-order valence-corrected chi connectivity index (χ0v) is 13.0. The van der Waals surface area contributed by atoms with Crippen molar-refractivity contribution < 1.29 is 14.3 Å². The van der Waals surface area contributed by atoms with Crippen LogP contribution in [0.3, 0.4) is 0 Å². The van der Waals surface area contributed by atoms with Crippen molar-refractivity contribution in [3.05, 3.63) is 34.3 Å². The molecule has 0 fully saturated rings. The average Bonchev–Trinajstić information content (AvgIpc) is 2.83. The Morgan fingerprint density at radius 1 is 1.24 bits per heavy atom. The second-order valence-electron chi connectivity index (χ2n) is 4.59. The van der Waals surface area contributed by atoms with Gasteiger partial charge in [0.15, 0.2) is 6.61 Å². The van der Waals surface area contributed by atoms with Crippen LogP contribution >= 0.6 is 11.3 Å². The minimum absolute atomic E-state index is 0.0674. The Morgan fingerprint density at radius 3 is 2.62 bits per heavy atom. The van der Waals surface area contributed by atoms with Gasteiger partial charge in [-0.1, -0.05) is 17.4 Å². The first-order valence-corrected chi connectivity index (χ1v) is 7.20. The Labute approximate surface area is 127 Å². The highest BCUT2D eigenvalue weighted by molar-refractivity contribution is 7.15. The maximum atomic E-state index is 11.8. The van der Waals surface area contributed by atoms with Gasteiger partial charge >= 0.3 is 0 Å². The molecule has 0 saturated carbocycles. The van der Waals surface area contributed by atoms with Crippen LogP contribution in [0.1, 0.15) is 16.1 Å². The summed E-state index contributed by atoms with van der Waals surface area (Å²) in [6.07, 6.45) is 0. The van der Waals surface area contributed by atoms with Crippen LogP contribution in [0.25, 0.3) is 0 Å². The highest BCUT2D eigenvalue weighted by Gasteiger charge is 2.09. The molecule has 112 valence electrons. The molecule has 7 heteroatoms. The number of nitrogens with zero attached hydrogens (tertiary/aromatic N) is 2. The van der Waals surface area contributed by atoms with E-state index in [0.29, 0.717) is 22.5 Å². The van der Waals surface area contributed by atoms with Crippen LogP contribution in [-0.2, 0) is 16.1 Å². The van der Waals surface area contributed by atoms with Gasteiger partial charge < -0.3 is 9.47 Å². The lowest BCUT2D eigenvalue weighted by Gasteiger charge is -2.07. The minimum atomic E-state index is -0.269. The number of aryl methyl sites for hydroxylation is 2. The van der Waals surface area contributed by atoms with E-state index in [1.54, 1.807) is 7.11 Å². The normalized spacial score (nSPS) is 10.4. The van der Waals surface area contributed by atoms with Crippen LogP contribution in [0.15, 0.2) is 18.2 Å². The fraction of sp³-hybridized carbons (Fsp3) is 0.357. The van der Waals surface area contributed by atoms with Crippen molar-refractivity contribution in [1.82, 2.24) is 10.2 Å². The van der Waals surface area contributed by atoms with Crippen LogP contribution in [0.4, 0.5) is 5.13 Å². The van der Waals surface area contributed by atoms with E-state index in [9.17, 15) is 4.79 Å². The maximum Gasteiger partial charge on any atom is 0.264 e. The van der Waals surface area contributed by atoms with Crippen LogP contribution in [0, 0.1) is 13.8 Å². The van der Waals surface area contributed by atoms with Crippen LogP contribution < -0.4 is 10.1 Å². The van der Waals surface area contributed by atoms with Gasteiger partial charge in [-0.15, -0.1) is 10.2 Å². The number of amides is 1. The van der Waals surface area contributed by atoms with Crippen LogP contribution in [0.2, 0.25) is 0 Å². The third-order valence-corrected chi connectivity index (χ3v) is 3.36. The lowest BCUT2D eigenvalue weighted by molar-refractivity contribution is -0.118. The summed E-state index contributed by atoms with van der Waals surface area (Å²) in [4.78, 5) is 11.8. The fourth-order valence-corrected chi connectivity index (χ4v) is 2.53. The Morgan fingerprint density at radius 2 is 1.95 bits per heavy atom. The van der Waals surface area contributed by atoms with Crippen molar-refractivity contribution in [2.45, 2.75) is 20.5 Å². The van der Waals surface area contributed by atoms with Gasteiger partial charge in [-0.3, -0.25) is 10.1 Å². The number of rotatable bonds is 6. The number of ether oxygens (including phenoxy) is 2. The predicted octanol–water partition coefficient (Wildman–Crippen LogP) is 2.32. The standard InChI is InChI=1S/C14H17N3O3S/c1-9-4-10(2)6-11(5-9)20-7-12(18)15-14-17-16-13(21-14)8-19-3/h4-6H,7-8H2,1-3H3,(H,15,17,18). The van der Waals surface area contributed by atoms with E-state index in [1.165, 1.54) is 11.3 Å². The second kappa shape index (κ2) is 7.14. The molecule has 6 nitrogen and oxygen atoms in total. The molecule has 21 heavy (non-hydrogen) atoms. The first-order valence-electron chi connectivity index (χ1n) is 6.39. The van der Waals surface area contributed by atoms with Gasteiger partial charge in [-0.05, 0) is 37.1 Å². The topological polar surface area (TPSA) is 73.3 Å². The summed E-state index contributed by atoms with van der Waals surface area (Å²) >= 11 is 1.28. The lowest BCUT2D eigenvalue weighted by atomic mass is 10.1. The molecule has 1 heterocycles. The predicted molar refractivity (Wildman–Crippen MR) is 80.7 cm³/mol. The van der Waals surface area contributed by atoms with E-state index in [2.05, 4.69) is 15.5 Å². The van der Waals surface area contributed by atoms with Crippen molar-refractivity contribution in [3.8, 4) is 5.75 Å². The number of anilines is 1. The third kappa shape index (κ3) is 4.80. The van der Waals surface area contributed by atoms with E-state index in [0.717, 1.165) is 11.1 Å². The minimum Gasteiger partial charge on any atom is -0.484 e. The first-order chi connectivity index (χ1) is 10.1. The summed E-state index contributed by atoms with van der Waals surface area (Å²) in [5.74, 6) is 0.411. The van der Waals surface area contributed by atoms with E-state index in [1.807, 2.05) is 32.0 Å². The van der Waals surface area contributed by atoms with Gasteiger partial charge in [0.05, 0.1) is 0 Å². The van der Waals surface area contributed by atoms with E-state index < -0.39 is 0 Å². The summed E-state index contributed by atoms with van der Waals surface area (Å²) in [6, 6.07) is 5.83. The number of hydrogen-bond donors (Lipinski definition) is 1. The van der Waals surface area contributed by atoms with Crippen LogP contribution in [0.5, 0.6) is 5.75 Å². The summed E-state index contributed by atoms with van der Waals surface area (Å²) in [5.41, 5.74) is 2.19. The number of benzene rings is 1. The smallest absolute Gasteiger partial charge is 0.264 e. The highest BCUT2D eigenvalue weighted by Crippen LogP contribution is 2.17. The van der Waals surface area contributed by atoms with Crippen molar-refractivity contribution in [3.63, 3.8) is 0 Å². The van der Waals surface area contributed by atoms with Crippen molar-refractivity contribution >= 4 is 22.4 Å². The molecule has 2 rings (SSSR count). The molecule has 1 amide bonds. The molecule has 0 aliphatic carbocycles. The quantitative estimate of drug-likeness (QED) is 0.886. The molecular formula is C14H17N3O3S. The first kappa shape index (κ1) is 15.4. The number of carbonyl (C=O) groups excluding carboxylic acids is 1. The number of hydrogen-bond acceptors (Lipinski definition) is 6. The summed E-state index contributed by atoms with van der Waals surface area (Å²) in [7, 11) is 1.58. The number of nitrogens with one attached hydrogen (secondary N) is 1. The molecule has 0 aliphatic rings. The number of aromatic nitrogens is 2. The van der Waals surface area contributed by atoms with Crippen LogP contribution in [-0.4, -0.2) is 29.8 Å². The van der Waals surface area contributed by atoms with E-state index >= 15 is 0 Å². The van der Waals surface area contributed by atoms with Gasteiger partial charge in [0.2, 0.25) is 5.13 Å². The highest BCUT2D eigenvalue weighted by atomic mass is 32.1. The number of methoxy groups -OCH3 is 1. The summed E-state index contributed by atoms with van der Waals surface area (Å²) < 4.78 is 10.4.